The number of benzene rings is 2. The van der Waals surface area contributed by atoms with Crippen LogP contribution in [0.2, 0.25) is 0 Å². The maximum absolute atomic E-state index is 13.7. The summed E-state index contributed by atoms with van der Waals surface area (Å²) in [5.74, 6) is -1.96. The summed E-state index contributed by atoms with van der Waals surface area (Å²) >= 11 is 0.639. The minimum atomic E-state index is -0.671. The second kappa shape index (κ2) is 7.40. The monoisotopic (exact) mass is 372 g/mol. The van der Waals surface area contributed by atoms with Crippen LogP contribution in [0.3, 0.4) is 0 Å². The van der Waals surface area contributed by atoms with Crippen LogP contribution in [0.5, 0.6) is 5.75 Å². The van der Waals surface area contributed by atoms with Gasteiger partial charge in [-0.2, -0.15) is 0 Å². The molecule has 0 aromatic heterocycles. The molecule has 1 aliphatic rings. The standard InChI is InChI=1S/C18H13FN2O4S/c19-12-6-2-1-5-11(12)9-15-17(24)21(18(25)26-15)10-16(23)20-13-7-3-4-8-14(13)22/h1-9,22H,10H2,(H,20,23)/b15-9+. The fourth-order valence-electron chi connectivity index (χ4n) is 2.28. The molecule has 3 amide bonds. The highest BCUT2D eigenvalue weighted by Gasteiger charge is 2.36. The number of hydrogen-bond donors (Lipinski definition) is 2. The summed E-state index contributed by atoms with van der Waals surface area (Å²) in [5, 5.41) is 11.5. The SMILES string of the molecule is O=C(CN1C(=O)S/C(=C/c2ccccc2F)C1=O)Nc1ccccc1O. The number of rotatable bonds is 4. The molecule has 2 aromatic carbocycles. The normalized spacial score (nSPS) is 15.6. The molecular formula is C18H13FN2O4S. The maximum atomic E-state index is 13.7. The molecule has 8 heteroatoms. The van der Waals surface area contributed by atoms with E-state index < -0.39 is 29.4 Å². The van der Waals surface area contributed by atoms with Gasteiger partial charge in [0.2, 0.25) is 5.91 Å². The van der Waals surface area contributed by atoms with Gasteiger partial charge in [-0.05, 0) is 36.0 Å². The van der Waals surface area contributed by atoms with Gasteiger partial charge in [-0.25, -0.2) is 4.39 Å². The Morgan fingerprint density at radius 3 is 2.58 bits per heavy atom. The highest BCUT2D eigenvalue weighted by atomic mass is 32.2. The van der Waals surface area contributed by atoms with Crippen molar-refractivity contribution in [3.05, 3.63) is 64.8 Å². The lowest BCUT2D eigenvalue weighted by molar-refractivity contribution is -0.127. The van der Waals surface area contributed by atoms with E-state index in [1.165, 1.54) is 36.4 Å². The van der Waals surface area contributed by atoms with Crippen LogP contribution in [0.1, 0.15) is 5.56 Å². The zero-order chi connectivity index (χ0) is 18.7. The van der Waals surface area contributed by atoms with Gasteiger partial charge in [0.15, 0.2) is 0 Å². The van der Waals surface area contributed by atoms with Crippen LogP contribution in [0.4, 0.5) is 14.9 Å². The third-order valence-corrected chi connectivity index (χ3v) is 4.45. The number of imide groups is 1. The van der Waals surface area contributed by atoms with Crippen LogP contribution in [-0.4, -0.2) is 33.6 Å². The molecule has 0 aliphatic carbocycles. The summed E-state index contributed by atoms with van der Waals surface area (Å²) in [7, 11) is 0. The van der Waals surface area contributed by atoms with Crippen LogP contribution in [0.15, 0.2) is 53.4 Å². The first-order valence-electron chi connectivity index (χ1n) is 7.53. The Morgan fingerprint density at radius 1 is 1.15 bits per heavy atom. The molecule has 0 unspecified atom stereocenters. The quantitative estimate of drug-likeness (QED) is 0.636. The number of para-hydroxylation sites is 2. The molecule has 0 bridgehead atoms. The summed E-state index contributed by atoms with van der Waals surface area (Å²) in [5.41, 5.74) is 0.350. The van der Waals surface area contributed by atoms with Gasteiger partial charge >= 0.3 is 0 Å². The fourth-order valence-corrected chi connectivity index (χ4v) is 3.11. The smallest absolute Gasteiger partial charge is 0.294 e. The minimum absolute atomic E-state index is 0.0375. The van der Waals surface area contributed by atoms with Gasteiger partial charge in [-0.1, -0.05) is 30.3 Å². The number of phenols is 1. The number of nitrogens with zero attached hydrogens (tertiary/aromatic N) is 1. The number of phenolic OH excluding ortho intramolecular Hbond substituents is 1. The van der Waals surface area contributed by atoms with Gasteiger partial charge < -0.3 is 10.4 Å². The van der Waals surface area contributed by atoms with E-state index in [0.29, 0.717) is 11.8 Å². The lowest BCUT2D eigenvalue weighted by atomic mass is 10.2. The third kappa shape index (κ3) is 3.75. The number of carbonyl (C=O) groups is 3. The van der Waals surface area contributed by atoms with Crippen LogP contribution in [-0.2, 0) is 9.59 Å². The van der Waals surface area contributed by atoms with Gasteiger partial charge in [0.1, 0.15) is 18.1 Å². The van der Waals surface area contributed by atoms with Crippen molar-refractivity contribution in [2.24, 2.45) is 0 Å². The molecule has 3 rings (SSSR count). The van der Waals surface area contributed by atoms with E-state index in [9.17, 15) is 23.9 Å². The minimum Gasteiger partial charge on any atom is -0.506 e. The van der Waals surface area contributed by atoms with Crippen LogP contribution >= 0.6 is 11.8 Å². The number of aromatic hydroxyl groups is 1. The molecular weight excluding hydrogens is 359 g/mol. The molecule has 1 fully saturated rings. The molecule has 132 valence electrons. The zero-order valence-corrected chi connectivity index (χ0v) is 14.1. The summed E-state index contributed by atoms with van der Waals surface area (Å²) < 4.78 is 13.7. The molecule has 2 aromatic rings. The molecule has 0 spiro atoms. The Labute approximate surface area is 152 Å². The second-order valence-corrected chi connectivity index (χ2v) is 6.35. The van der Waals surface area contributed by atoms with Gasteiger partial charge in [0.05, 0.1) is 10.6 Å². The topological polar surface area (TPSA) is 86.7 Å². The van der Waals surface area contributed by atoms with E-state index >= 15 is 0 Å². The molecule has 1 heterocycles. The molecule has 1 aliphatic heterocycles. The first-order chi connectivity index (χ1) is 12.5. The number of carbonyl (C=O) groups excluding carboxylic acids is 3. The van der Waals surface area contributed by atoms with E-state index in [1.54, 1.807) is 18.2 Å². The van der Waals surface area contributed by atoms with Crippen molar-refractivity contribution in [3.8, 4) is 5.75 Å². The zero-order valence-electron chi connectivity index (χ0n) is 13.3. The Morgan fingerprint density at radius 2 is 1.85 bits per heavy atom. The molecule has 26 heavy (non-hydrogen) atoms. The molecule has 6 nitrogen and oxygen atoms in total. The van der Waals surface area contributed by atoms with Crippen LogP contribution in [0.25, 0.3) is 6.08 Å². The largest absolute Gasteiger partial charge is 0.506 e. The predicted octanol–water partition coefficient (Wildman–Crippen LogP) is 3.21. The van der Waals surface area contributed by atoms with Crippen molar-refractivity contribution in [1.82, 2.24) is 4.90 Å². The van der Waals surface area contributed by atoms with E-state index in [2.05, 4.69) is 5.32 Å². The third-order valence-electron chi connectivity index (χ3n) is 3.55. The Bertz CT molecular complexity index is 929. The van der Waals surface area contributed by atoms with Crippen LogP contribution in [0, 0.1) is 5.82 Å². The number of hydrogen-bond acceptors (Lipinski definition) is 5. The number of nitrogens with one attached hydrogen (secondary N) is 1. The van der Waals surface area contributed by atoms with Crippen LogP contribution < -0.4 is 5.32 Å². The molecule has 0 atom stereocenters. The Hall–Kier alpha value is -3.13. The van der Waals surface area contributed by atoms with Gasteiger partial charge in [-0.15, -0.1) is 0 Å². The van der Waals surface area contributed by atoms with Crippen molar-refractivity contribution in [2.75, 3.05) is 11.9 Å². The fraction of sp³-hybridized carbons (Fsp3) is 0.0556. The average molecular weight is 372 g/mol. The van der Waals surface area contributed by atoms with Gasteiger partial charge in [-0.3, -0.25) is 19.3 Å². The molecule has 1 saturated heterocycles. The first-order valence-corrected chi connectivity index (χ1v) is 8.35. The van der Waals surface area contributed by atoms with E-state index in [4.69, 9.17) is 0 Å². The lowest BCUT2D eigenvalue weighted by Gasteiger charge is -2.13. The highest BCUT2D eigenvalue weighted by Crippen LogP contribution is 2.32. The average Bonchev–Trinajstić information content (AvgIpc) is 2.86. The highest BCUT2D eigenvalue weighted by molar-refractivity contribution is 8.18. The van der Waals surface area contributed by atoms with Crippen molar-refractivity contribution < 1.29 is 23.9 Å². The van der Waals surface area contributed by atoms with Crippen molar-refractivity contribution in [3.63, 3.8) is 0 Å². The second-order valence-electron chi connectivity index (χ2n) is 5.35. The van der Waals surface area contributed by atoms with Crippen molar-refractivity contribution in [1.29, 1.82) is 0 Å². The van der Waals surface area contributed by atoms with Gasteiger partial charge in [0.25, 0.3) is 11.1 Å². The first kappa shape index (κ1) is 17.7. The summed E-state index contributed by atoms with van der Waals surface area (Å²) in [6, 6.07) is 11.9. The number of amides is 3. The number of thioether (sulfide) groups is 1. The number of anilines is 1. The molecule has 2 N–H and O–H groups in total. The summed E-state index contributed by atoms with van der Waals surface area (Å²) in [6.07, 6.45) is 1.28. The number of halogens is 1. The van der Waals surface area contributed by atoms with E-state index in [1.807, 2.05) is 0 Å². The van der Waals surface area contributed by atoms with Gasteiger partial charge in [0, 0.05) is 5.56 Å². The molecule has 0 radical (unpaired) electrons. The van der Waals surface area contributed by atoms with E-state index in [0.717, 1.165) is 4.90 Å². The summed E-state index contributed by atoms with van der Waals surface area (Å²) in [4.78, 5) is 37.3. The predicted molar refractivity (Wildman–Crippen MR) is 95.8 cm³/mol. The van der Waals surface area contributed by atoms with Crippen molar-refractivity contribution in [2.45, 2.75) is 0 Å². The summed E-state index contributed by atoms with van der Waals surface area (Å²) in [6.45, 7) is -0.506. The van der Waals surface area contributed by atoms with E-state index in [-0.39, 0.29) is 21.9 Å². The lowest BCUT2D eigenvalue weighted by Crippen LogP contribution is -2.36. The van der Waals surface area contributed by atoms with Crippen molar-refractivity contribution >= 4 is 40.6 Å². The maximum Gasteiger partial charge on any atom is 0.294 e. The molecule has 0 saturated carbocycles. The Kier molecular flexibility index (Phi) is 5.04. The Balaban J connectivity index is 1.72.